The van der Waals surface area contributed by atoms with Gasteiger partial charge in [0.05, 0.1) is 12.7 Å². The molecule has 0 atom stereocenters. The maximum Gasteiger partial charge on any atom is 0.257 e. The van der Waals surface area contributed by atoms with Gasteiger partial charge in [-0.2, -0.15) is 0 Å². The van der Waals surface area contributed by atoms with Crippen molar-refractivity contribution in [3.05, 3.63) is 87.4 Å². The highest BCUT2D eigenvalue weighted by atomic mass is 79.9. The first-order valence-electron chi connectivity index (χ1n) is 10.5. The molecule has 0 aliphatic carbocycles. The van der Waals surface area contributed by atoms with Gasteiger partial charge in [0.1, 0.15) is 5.75 Å². The Labute approximate surface area is 206 Å². The highest BCUT2D eigenvalue weighted by molar-refractivity contribution is 9.10. The van der Waals surface area contributed by atoms with Gasteiger partial charge in [-0.05, 0) is 66.7 Å². The van der Waals surface area contributed by atoms with E-state index in [1.54, 1.807) is 37.4 Å². The van der Waals surface area contributed by atoms with Crippen LogP contribution in [-0.2, 0) is 0 Å². The molecule has 33 heavy (non-hydrogen) atoms. The van der Waals surface area contributed by atoms with E-state index in [1.807, 2.05) is 41.3 Å². The summed E-state index contributed by atoms with van der Waals surface area (Å²) in [5, 5.41) is 3.42. The average molecular weight is 529 g/mol. The number of nitrogens with one attached hydrogen (secondary N) is 1. The molecule has 1 saturated heterocycles. The Morgan fingerprint density at radius 1 is 0.939 bits per heavy atom. The number of rotatable bonds is 5. The lowest BCUT2D eigenvalue weighted by atomic mass is 10.1. The van der Waals surface area contributed by atoms with Gasteiger partial charge in [-0.3, -0.25) is 9.59 Å². The second kappa shape index (κ2) is 10.3. The number of hydrogen-bond donors (Lipinski definition) is 1. The van der Waals surface area contributed by atoms with Gasteiger partial charge in [0.2, 0.25) is 0 Å². The number of carbonyl (C=O) groups excluding carboxylic acids is 2. The molecule has 2 amide bonds. The summed E-state index contributed by atoms with van der Waals surface area (Å²) in [4.78, 5) is 29.4. The maximum absolute atomic E-state index is 13.0. The molecule has 170 valence electrons. The quantitative estimate of drug-likeness (QED) is 0.487. The van der Waals surface area contributed by atoms with Crippen molar-refractivity contribution in [2.24, 2.45) is 0 Å². The van der Waals surface area contributed by atoms with E-state index >= 15 is 0 Å². The zero-order chi connectivity index (χ0) is 23.4. The van der Waals surface area contributed by atoms with Crippen molar-refractivity contribution in [1.82, 2.24) is 4.90 Å². The van der Waals surface area contributed by atoms with E-state index in [4.69, 9.17) is 16.3 Å². The number of ether oxygens (including phenoxy) is 1. The van der Waals surface area contributed by atoms with Crippen LogP contribution in [0.5, 0.6) is 5.75 Å². The number of piperazine rings is 1. The third-order valence-corrected chi connectivity index (χ3v) is 6.32. The Hall–Kier alpha value is -3.03. The van der Waals surface area contributed by atoms with Crippen molar-refractivity contribution < 1.29 is 14.3 Å². The van der Waals surface area contributed by atoms with Gasteiger partial charge < -0.3 is 19.9 Å². The Morgan fingerprint density at radius 3 is 2.24 bits per heavy atom. The van der Waals surface area contributed by atoms with Crippen LogP contribution in [0.2, 0.25) is 5.02 Å². The summed E-state index contributed by atoms with van der Waals surface area (Å²) in [5.74, 6) is 0.284. The van der Waals surface area contributed by atoms with E-state index in [0.717, 1.165) is 15.8 Å². The van der Waals surface area contributed by atoms with Gasteiger partial charge in [-0.25, -0.2) is 0 Å². The van der Waals surface area contributed by atoms with Crippen LogP contribution < -0.4 is 15.0 Å². The van der Waals surface area contributed by atoms with Crippen molar-refractivity contribution in [1.29, 1.82) is 0 Å². The minimum atomic E-state index is -0.154. The maximum atomic E-state index is 13.0. The fraction of sp³-hybridized carbons (Fsp3) is 0.200. The molecule has 0 bridgehead atoms. The molecule has 1 heterocycles. The van der Waals surface area contributed by atoms with Crippen molar-refractivity contribution in [2.45, 2.75) is 0 Å². The lowest BCUT2D eigenvalue weighted by Crippen LogP contribution is -2.48. The van der Waals surface area contributed by atoms with E-state index in [9.17, 15) is 9.59 Å². The summed E-state index contributed by atoms with van der Waals surface area (Å²) in [6, 6.07) is 20.0. The van der Waals surface area contributed by atoms with Gasteiger partial charge in [-0.15, -0.1) is 0 Å². The minimum absolute atomic E-state index is 0.0833. The van der Waals surface area contributed by atoms with E-state index in [1.165, 1.54) is 0 Å². The monoisotopic (exact) mass is 527 g/mol. The van der Waals surface area contributed by atoms with Gasteiger partial charge in [-0.1, -0.05) is 27.5 Å². The predicted molar refractivity (Wildman–Crippen MR) is 135 cm³/mol. The van der Waals surface area contributed by atoms with Crippen molar-refractivity contribution in [3.8, 4) is 5.75 Å². The number of methoxy groups -OCH3 is 1. The van der Waals surface area contributed by atoms with Crippen LogP contribution in [0, 0.1) is 0 Å². The molecule has 0 aromatic heterocycles. The SMILES string of the molecule is COc1ccc(Cl)cc1C(=O)N1CCN(c2ccc(NC(=O)c3ccc(Br)cc3)cc2)CC1. The summed E-state index contributed by atoms with van der Waals surface area (Å²) in [5.41, 5.74) is 2.85. The molecule has 3 aromatic carbocycles. The van der Waals surface area contributed by atoms with Crippen LogP contribution in [0.15, 0.2) is 71.2 Å². The summed E-state index contributed by atoms with van der Waals surface area (Å²) < 4.78 is 6.25. The highest BCUT2D eigenvalue weighted by Crippen LogP contribution is 2.26. The van der Waals surface area contributed by atoms with Crippen LogP contribution >= 0.6 is 27.5 Å². The van der Waals surface area contributed by atoms with Gasteiger partial charge in [0.25, 0.3) is 11.8 Å². The fourth-order valence-electron chi connectivity index (χ4n) is 3.75. The summed E-state index contributed by atoms with van der Waals surface area (Å²) in [6.45, 7) is 2.60. The lowest BCUT2D eigenvalue weighted by Gasteiger charge is -2.36. The molecule has 1 N–H and O–H groups in total. The van der Waals surface area contributed by atoms with Crippen molar-refractivity contribution in [2.75, 3.05) is 43.5 Å². The van der Waals surface area contributed by atoms with Crippen molar-refractivity contribution in [3.63, 3.8) is 0 Å². The Kier molecular flexibility index (Phi) is 7.20. The molecule has 8 heteroatoms. The predicted octanol–water partition coefficient (Wildman–Crippen LogP) is 5.33. The number of carbonyl (C=O) groups is 2. The van der Waals surface area contributed by atoms with E-state index < -0.39 is 0 Å². The number of amides is 2. The summed E-state index contributed by atoms with van der Waals surface area (Å²) in [6.07, 6.45) is 0. The topological polar surface area (TPSA) is 61.9 Å². The fourth-order valence-corrected chi connectivity index (χ4v) is 4.18. The third-order valence-electron chi connectivity index (χ3n) is 5.56. The normalized spacial score (nSPS) is 13.5. The number of anilines is 2. The zero-order valence-corrected chi connectivity index (χ0v) is 20.4. The molecular weight excluding hydrogens is 506 g/mol. The van der Waals surface area contributed by atoms with E-state index in [-0.39, 0.29) is 11.8 Å². The average Bonchev–Trinajstić information content (AvgIpc) is 2.84. The molecule has 4 rings (SSSR count). The Balaban J connectivity index is 1.35. The lowest BCUT2D eigenvalue weighted by molar-refractivity contribution is 0.0743. The van der Waals surface area contributed by atoms with Crippen LogP contribution in [0.4, 0.5) is 11.4 Å². The molecule has 0 radical (unpaired) electrons. The standard InChI is InChI=1S/C25H23BrClN3O3/c1-33-23-11-6-19(27)16-22(23)25(32)30-14-12-29(13-15-30)21-9-7-20(8-10-21)28-24(31)17-2-4-18(26)5-3-17/h2-11,16H,12-15H2,1H3,(H,28,31). The molecular formula is C25H23BrClN3O3. The molecule has 6 nitrogen and oxygen atoms in total. The summed E-state index contributed by atoms with van der Waals surface area (Å²) in [7, 11) is 1.54. The number of hydrogen-bond acceptors (Lipinski definition) is 4. The zero-order valence-electron chi connectivity index (χ0n) is 18.1. The molecule has 0 spiro atoms. The van der Waals surface area contributed by atoms with Gasteiger partial charge in [0.15, 0.2) is 0 Å². The van der Waals surface area contributed by atoms with Crippen LogP contribution in [0.25, 0.3) is 0 Å². The molecule has 1 aliphatic rings. The number of benzene rings is 3. The molecule has 3 aromatic rings. The third kappa shape index (κ3) is 5.49. The first-order chi connectivity index (χ1) is 15.9. The molecule has 1 fully saturated rings. The molecule has 0 saturated carbocycles. The minimum Gasteiger partial charge on any atom is -0.496 e. The van der Waals surface area contributed by atoms with E-state index in [0.29, 0.717) is 48.1 Å². The number of nitrogens with zero attached hydrogens (tertiary/aromatic N) is 2. The first kappa shape index (κ1) is 23.1. The Bertz CT molecular complexity index is 1140. The smallest absolute Gasteiger partial charge is 0.257 e. The van der Waals surface area contributed by atoms with E-state index in [2.05, 4.69) is 26.1 Å². The second-order valence-corrected chi connectivity index (χ2v) is 8.98. The van der Waals surface area contributed by atoms with Crippen LogP contribution in [0.3, 0.4) is 0 Å². The Morgan fingerprint density at radius 2 is 1.61 bits per heavy atom. The summed E-state index contributed by atoms with van der Waals surface area (Å²) >= 11 is 9.45. The largest absolute Gasteiger partial charge is 0.496 e. The second-order valence-electron chi connectivity index (χ2n) is 7.63. The van der Waals surface area contributed by atoms with Crippen molar-refractivity contribution >= 4 is 50.7 Å². The van der Waals surface area contributed by atoms with Gasteiger partial charge in [0, 0.05) is 52.6 Å². The highest BCUT2D eigenvalue weighted by Gasteiger charge is 2.24. The molecule has 0 unspecified atom stereocenters. The molecule has 1 aliphatic heterocycles. The van der Waals surface area contributed by atoms with Crippen LogP contribution in [-0.4, -0.2) is 50.0 Å². The number of halogens is 2. The van der Waals surface area contributed by atoms with Gasteiger partial charge >= 0.3 is 0 Å². The first-order valence-corrected chi connectivity index (χ1v) is 11.7. The van der Waals surface area contributed by atoms with Crippen LogP contribution in [0.1, 0.15) is 20.7 Å².